The third-order valence-electron chi connectivity index (χ3n) is 3.82. The highest BCUT2D eigenvalue weighted by Gasteiger charge is 2.41. The molecule has 0 aromatic heterocycles. The van der Waals surface area contributed by atoms with Gasteiger partial charge in [0.05, 0.1) is 5.41 Å². The van der Waals surface area contributed by atoms with Crippen LogP contribution in [0.15, 0.2) is 24.3 Å². The van der Waals surface area contributed by atoms with E-state index in [1.165, 1.54) is 0 Å². The third kappa shape index (κ3) is 4.33. The summed E-state index contributed by atoms with van der Waals surface area (Å²) in [6.07, 6.45) is 1.39. The average Bonchev–Trinajstić information content (AvgIpc) is 2.48. The van der Waals surface area contributed by atoms with Crippen molar-refractivity contribution in [2.45, 2.75) is 18.3 Å². The molecular formula is C15H22Cl2N2O2. The van der Waals surface area contributed by atoms with Gasteiger partial charge >= 0.3 is 0 Å². The lowest BCUT2D eigenvalue weighted by atomic mass is 9.73. The Hall–Kier alpha value is -0.810. The number of hydrogen-bond acceptors (Lipinski definition) is 3. The number of halogens is 2. The van der Waals surface area contributed by atoms with Gasteiger partial charge in [-0.15, -0.1) is 12.4 Å². The summed E-state index contributed by atoms with van der Waals surface area (Å²) < 4.78 is 5.43. The van der Waals surface area contributed by atoms with Crippen molar-refractivity contribution >= 4 is 29.9 Å². The first-order valence-electron chi connectivity index (χ1n) is 6.96. The van der Waals surface area contributed by atoms with Gasteiger partial charge in [0.1, 0.15) is 0 Å². The first-order chi connectivity index (χ1) is 9.69. The highest BCUT2D eigenvalue weighted by Crippen LogP contribution is 2.36. The zero-order chi connectivity index (χ0) is 14.4. The Morgan fingerprint density at radius 1 is 1.33 bits per heavy atom. The van der Waals surface area contributed by atoms with Crippen molar-refractivity contribution in [2.24, 2.45) is 0 Å². The topological polar surface area (TPSA) is 50.4 Å². The summed E-state index contributed by atoms with van der Waals surface area (Å²) in [4.78, 5) is 12.7. The van der Waals surface area contributed by atoms with E-state index in [0.29, 0.717) is 37.6 Å². The maximum Gasteiger partial charge on any atom is 0.230 e. The van der Waals surface area contributed by atoms with E-state index in [2.05, 4.69) is 10.6 Å². The summed E-state index contributed by atoms with van der Waals surface area (Å²) in [6, 6.07) is 7.60. The van der Waals surface area contributed by atoms with Crippen molar-refractivity contribution in [3.05, 3.63) is 34.9 Å². The molecule has 0 saturated carbocycles. The summed E-state index contributed by atoms with van der Waals surface area (Å²) in [5.41, 5.74) is 0.465. The highest BCUT2D eigenvalue weighted by atomic mass is 35.5. The number of amides is 1. The predicted octanol–water partition coefficient (Wildman–Crippen LogP) is 2.15. The number of benzene rings is 1. The molecule has 1 aliphatic rings. The molecule has 2 rings (SSSR count). The summed E-state index contributed by atoms with van der Waals surface area (Å²) in [5, 5.41) is 6.70. The molecule has 6 heteroatoms. The van der Waals surface area contributed by atoms with Crippen LogP contribution < -0.4 is 10.6 Å². The van der Waals surface area contributed by atoms with Crippen LogP contribution in [0.4, 0.5) is 0 Å². The smallest absolute Gasteiger partial charge is 0.230 e. The van der Waals surface area contributed by atoms with Crippen molar-refractivity contribution in [3.8, 4) is 0 Å². The second-order valence-corrected chi connectivity index (χ2v) is 5.50. The van der Waals surface area contributed by atoms with Gasteiger partial charge in [-0.25, -0.2) is 0 Å². The van der Waals surface area contributed by atoms with Crippen molar-refractivity contribution in [1.82, 2.24) is 10.6 Å². The quantitative estimate of drug-likeness (QED) is 0.812. The Labute approximate surface area is 137 Å². The molecule has 1 aromatic carbocycles. The molecule has 118 valence electrons. The van der Waals surface area contributed by atoms with Gasteiger partial charge in [0.25, 0.3) is 0 Å². The van der Waals surface area contributed by atoms with Gasteiger partial charge in [-0.05, 0) is 37.6 Å². The van der Waals surface area contributed by atoms with Crippen LogP contribution >= 0.6 is 24.0 Å². The molecule has 1 aromatic rings. The first-order valence-corrected chi connectivity index (χ1v) is 7.33. The molecule has 0 radical (unpaired) electrons. The minimum absolute atomic E-state index is 0. The largest absolute Gasteiger partial charge is 0.381 e. The Morgan fingerprint density at radius 3 is 2.67 bits per heavy atom. The standard InChI is InChI=1S/C15H21ClN2O2.ClH/c1-17-7-8-18-14(19)15(5-9-20-10-6-15)12-3-2-4-13(16)11-12;/h2-4,11,17H,5-10H2,1H3,(H,18,19);1H. The first kappa shape index (κ1) is 18.2. The molecule has 2 N–H and O–H groups in total. The Kier molecular flexibility index (Phi) is 7.46. The lowest BCUT2D eigenvalue weighted by Gasteiger charge is -2.36. The molecule has 0 bridgehead atoms. The van der Waals surface area contributed by atoms with Gasteiger partial charge in [-0.3, -0.25) is 4.79 Å². The molecule has 0 unspecified atom stereocenters. The minimum atomic E-state index is -0.517. The van der Waals surface area contributed by atoms with Gasteiger partial charge in [-0.1, -0.05) is 23.7 Å². The molecule has 4 nitrogen and oxygen atoms in total. The van der Waals surface area contributed by atoms with E-state index >= 15 is 0 Å². The molecule has 1 fully saturated rings. The number of carbonyl (C=O) groups is 1. The van der Waals surface area contributed by atoms with Crippen molar-refractivity contribution in [1.29, 1.82) is 0 Å². The molecule has 0 atom stereocenters. The maximum atomic E-state index is 12.7. The molecule has 1 saturated heterocycles. The zero-order valence-corrected chi connectivity index (χ0v) is 13.7. The number of nitrogens with one attached hydrogen (secondary N) is 2. The maximum absolute atomic E-state index is 12.7. The minimum Gasteiger partial charge on any atom is -0.381 e. The number of carbonyl (C=O) groups excluding carboxylic acids is 1. The summed E-state index contributed by atoms with van der Waals surface area (Å²) >= 11 is 6.08. The lowest BCUT2D eigenvalue weighted by Crippen LogP contribution is -2.49. The van der Waals surface area contributed by atoms with E-state index in [1.54, 1.807) is 0 Å². The van der Waals surface area contributed by atoms with Crippen molar-refractivity contribution < 1.29 is 9.53 Å². The summed E-state index contributed by atoms with van der Waals surface area (Å²) in [5.74, 6) is 0.0679. The van der Waals surface area contributed by atoms with Crippen LogP contribution in [0.25, 0.3) is 0 Å². The molecule has 1 aliphatic heterocycles. The molecular weight excluding hydrogens is 311 g/mol. The Bertz CT molecular complexity index is 463. The Morgan fingerprint density at radius 2 is 2.05 bits per heavy atom. The summed E-state index contributed by atoms with van der Waals surface area (Å²) in [6.45, 7) is 2.59. The number of rotatable bonds is 5. The van der Waals surface area contributed by atoms with Crippen LogP contribution in [-0.4, -0.2) is 39.3 Å². The van der Waals surface area contributed by atoms with Crippen LogP contribution in [0.2, 0.25) is 5.02 Å². The van der Waals surface area contributed by atoms with Crippen molar-refractivity contribution in [3.63, 3.8) is 0 Å². The van der Waals surface area contributed by atoms with E-state index in [9.17, 15) is 4.79 Å². The van der Waals surface area contributed by atoms with Crippen LogP contribution in [0, 0.1) is 0 Å². The summed E-state index contributed by atoms with van der Waals surface area (Å²) in [7, 11) is 1.87. The number of ether oxygens (including phenoxy) is 1. The lowest BCUT2D eigenvalue weighted by molar-refractivity contribution is -0.130. The fourth-order valence-electron chi connectivity index (χ4n) is 2.62. The second kappa shape index (κ2) is 8.59. The van der Waals surface area contributed by atoms with Gasteiger partial charge in [0.2, 0.25) is 5.91 Å². The zero-order valence-electron chi connectivity index (χ0n) is 12.2. The highest BCUT2D eigenvalue weighted by molar-refractivity contribution is 6.30. The monoisotopic (exact) mass is 332 g/mol. The van der Waals surface area contributed by atoms with E-state index in [4.69, 9.17) is 16.3 Å². The number of hydrogen-bond donors (Lipinski definition) is 2. The van der Waals surface area contributed by atoms with Crippen molar-refractivity contribution in [2.75, 3.05) is 33.4 Å². The molecule has 0 aliphatic carbocycles. The predicted molar refractivity (Wildman–Crippen MR) is 87.4 cm³/mol. The fraction of sp³-hybridized carbons (Fsp3) is 0.533. The van der Waals surface area contributed by atoms with E-state index < -0.39 is 5.41 Å². The number of likely N-dealkylation sites (N-methyl/N-ethyl adjacent to an activating group) is 1. The fourth-order valence-corrected chi connectivity index (χ4v) is 2.81. The van der Waals surface area contributed by atoms with Crippen LogP contribution in [0.3, 0.4) is 0 Å². The normalized spacial score (nSPS) is 16.9. The van der Waals surface area contributed by atoms with E-state index in [1.807, 2.05) is 31.3 Å². The van der Waals surface area contributed by atoms with Gasteiger partial charge in [0.15, 0.2) is 0 Å². The van der Waals surface area contributed by atoms with E-state index in [0.717, 1.165) is 12.1 Å². The van der Waals surface area contributed by atoms with Gasteiger partial charge < -0.3 is 15.4 Å². The average molecular weight is 333 g/mol. The van der Waals surface area contributed by atoms with Crippen LogP contribution in [0.5, 0.6) is 0 Å². The van der Waals surface area contributed by atoms with Gasteiger partial charge in [0, 0.05) is 31.3 Å². The third-order valence-corrected chi connectivity index (χ3v) is 4.05. The van der Waals surface area contributed by atoms with E-state index in [-0.39, 0.29) is 18.3 Å². The van der Waals surface area contributed by atoms with Crippen LogP contribution in [0.1, 0.15) is 18.4 Å². The SMILES string of the molecule is CNCCNC(=O)C1(c2cccc(Cl)c2)CCOCC1.Cl. The molecule has 1 heterocycles. The molecule has 21 heavy (non-hydrogen) atoms. The molecule has 1 amide bonds. The molecule has 0 spiro atoms. The van der Waals surface area contributed by atoms with Gasteiger partial charge in [-0.2, -0.15) is 0 Å². The van der Waals surface area contributed by atoms with Crippen LogP contribution in [-0.2, 0) is 14.9 Å². The second-order valence-electron chi connectivity index (χ2n) is 5.06. The Balaban J connectivity index is 0.00000220.